The molecular weight excluding hydrogens is 454 g/mol. The number of aromatic nitrogens is 3. The third-order valence-electron chi connectivity index (χ3n) is 5.33. The standard InChI is InChI=1S/C20H23N5O5S2/c1-13-10-31-18-17(13)22-12-23-19(18)30-15-4-7-25(8-5-15)32(28,29)11-16(24-20(26)27)14-3-2-6-21-9-14/h2-3,6,9-10,12,15-16,24H,4-5,7-8,11H2,1H3,(H,26,27). The number of thiophene rings is 1. The molecule has 32 heavy (non-hydrogen) atoms. The Morgan fingerprint density at radius 3 is 2.84 bits per heavy atom. The van der Waals surface area contributed by atoms with E-state index in [4.69, 9.17) is 9.84 Å². The summed E-state index contributed by atoms with van der Waals surface area (Å²) in [6.45, 7) is 2.56. The normalized spacial score (nSPS) is 16.7. The average Bonchev–Trinajstić information content (AvgIpc) is 3.16. The lowest BCUT2D eigenvalue weighted by atomic mass is 10.1. The number of piperidine rings is 1. The first-order valence-corrected chi connectivity index (χ1v) is 12.5. The molecule has 170 valence electrons. The molecule has 0 saturated carbocycles. The lowest BCUT2D eigenvalue weighted by Crippen LogP contribution is -2.45. The van der Waals surface area contributed by atoms with Crippen LogP contribution in [0.15, 0.2) is 36.2 Å². The Hall–Kier alpha value is -2.83. The Kier molecular flexibility index (Phi) is 6.53. The molecule has 1 saturated heterocycles. The van der Waals surface area contributed by atoms with Gasteiger partial charge in [0.2, 0.25) is 15.9 Å². The van der Waals surface area contributed by atoms with Crippen LogP contribution in [0, 0.1) is 6.92 Å². The fourth-order valence-electron chi connectivity index (χ4n) is 3.69. The fourth-order valence-corrected chi connectivity index (χ4v) is 6.29. The maximum Gasteiger partial charge on any atom is 0.405 e. The highest BCUT2D eigenvalue weighted by Gasteiger charge is 2.32. The second-order valence-corrected chi connectivity index (χ2v) is 10.5. The number of hydrogen-bond acceptors (Lipinski definition) is 8. The summed E-state index contributed by atoms with van der Waals surface area (Å²) in [5, 5.41) is 13.4. The lowest BCUT2D eigenvalue weighted by Gasteiger charge is -2.32. The summed E-state index contributed by atoms with van der Waals surface area (Å²) in [6.07, 6.45) is 4.06. The summed E-state index contributed by atoms with van der Waals surface area (Å²) in [4.78, 5) is 23.7. The monoisotopic (exact) mass is 477 g/mol. The van der Waals surface area contributed by atoms with E-state index in [1.165, 1.54) is 28.2 Å². The van der Waals surface area contributed by atoms with Crippen molar-refractivity contribution >= 4 is 37.7 Å². The quantitative estimate of drug-likeness (QED) is 0.530. The van der Waals surface area contributed by atoms with Gasteiger partial charge < -0.3 is 15.2 Å². The number of sulfonamides is 1. The smallest absolute Gasteiger partial charge is 0.405 e. The van der Waals surface area contributed by atoms with Crippen LogP contribution >= 0.6 is 11.3 Å². The summed E-state index contributed by atoms with van der Waals surface area (Å²) in [5.41, 5.74) is 2.43. The number of ether oxygens (including phenoxy) is 1. The van der Waals surface area contributed by atoms with Gasteiger partial charge in [-0.15, -0.1) is 11.3 Å². The predicted octanol–water partition coefficient (Wildman–Crippen LogP) is 2.58. The summed E-state index contributed by atoms with van der Waals surface area (Å²) >= 11 is 1.53. The van der Waals surface area contributed by atoms with Crippen molar-refractivity contribution < 1.29 is 23.1 Å². The highest BCUT2D eigenvalue weighted by molar-refractivity contribution is 7.89. The molecule has 0 aliphatic carbocycles. The zero-order valence-corrected chi connectivity index (χ0v) is 19.0. The molecule has 4 rings (SSSR count). The van der Waals surface area contributed by atoms with E-state index >= 15 is 0 Å². The number of carbonyl (C=O) groups is 1. The Morgan fingerprint density at radius 2 is 2.16 bits per heavy atom. The van der Waals surface area contributed by atoms with Crippen LogP contribution in [-0.2, 0) is 10.0 Å². The summed E-state index contributed by atoms with van der Waals surface area (Å²) < 4.78 is 34.4. The Morgan fingerprint density at radius 1 is 1.38 bits per heavy atom. The number of fused-ring (bicyclic) bond motifs is 1. The van der Waals surface area contributed by atoms with Crippen molar-refractivity contribution in [1.29, 1.82) is 0 Å². The maximum absolute atomic E-state index is 13.0. The number of nitrogens with one attached hydrogen (secondary N) is 1. The second kappa shape index (κ2) is 9.35. The molecule has 1 atom stereocenters. The van der Waals surface area contributed by atoms with Gasteiger partial charge in [-0.2, -0.15) is 0 Å². The van der Waals surface area contributed by atoms with E-state index in [1.807, 2.05) is 12.3 Å². The molecule has 0 aromatic carbocycles. The van der Waals surface area contributed by atoms with Gasteiger partial charge in [0.25, 0.3) is 0 Å². The predicted molar refractivity (Wildman–Crippen MR) is 119 cm³/mol. The van der Waals surface area contributed by atoms with E-state index in [-0.39, 0.29) is 24.9 Å². The number of rotatable bonds is 7. The molecule has 12 heteroatoms. The van der Waals surface area contributed by atoms with Gasteiger partial charge in [0.05, 0.1) is 17.3 Å². The minimum Gasteiger partial charge on any atom is -0.473 e. The molecule has 3 aromatic rings. The molecule has 1 aliphatic heterocycles. The largest absolute Gasteiger partial charge is 0.473 e. The minimum absolute atomic E-state index is 0.159. The number of pyridine rings is 1. The molecule has 1 fully saturated rings. The maximum atomic E-state index is 13.0. The van der Waals surface area contributed by atoms with Gasteiger partial charge in [-0.25, -0.2) is 27.5 Å². The second-order valence-electron chi connectivity index (χ2n) is 7.56. The van der Waals surface area contributed by atoms with Crippen molar-refractivity contribution in [1.82, 2.24) is 24.6 Å². The van der Waals surface area contributed by atoms with Crippen LogP contribution in [0.1, 0.15) is 30.0 Å². The van der Waals surface area contributed by atoms with E-state index in [0.717, 1.165) is 15.8 Å². The van der Waals surface area contributed by atoms with Crippen LogP contribution in [0.25, 0.3) is 10.2 Å². The SMILES string of the molecule is Cc1csc2c(OC3CCN(S(=O)(=O)CC(NC(=O)O)c4cccnc4)CC3)ncnc12. The molecule has 1 aliphatic rings. The third kappa shape index (κ3) is 4.97. The van der Waals surface area contributed by atoms with Crippen molar-refractivity contribution in [3.05, 3.63) is 47.4 Å². The van der Waals surface area contributed by atoms with Gasteiger partial charge in [0.1, 0.15) is 17.1 Å². The van der Waals surface area contributed by atoms with Crippen molar-refractivity contribution in [3.63, 3.8) is 0 Å². The Labute approximate surface area is 189 Å². The van der Waals surface area contributed by atoms with Gasteiger partial charge in [0, 0.05) is 25.5 Å². The molecular formula is C20H23N5O5S2. The van der Waals surface area contributed by atoms with Gasteiger partial charge in [-0.3, -0.25) is 4.98 Å². The van der Waals surface area contributed by atoms with E-state index in [9.17, 15) is 13.2 Å². The van der Waals surface area contributed by atoms with Crippen LogP contribution in [0.3, 0.4) is 0 Å². The zero-order chi connectivity index (χ0) is 22.7. The summed E-state index contributed by atoms with van der Waals surface area (Å²) in [6, 6.07) is 2.38. The lowest BCUT2D eigenvalue weighted by molar-refractivity contribution is 0.131. The fraction of sp³-hybridized carbons (Fsp3) is 0.400. The van der Waals surface area contributed by atoms with Crippen LogP contribution < -0.4 is 10.1 Å². The first-order valence-electron chi connectivity index (χ1n) is 10.1. The van der Waals surface area contributed by atoms with Gasteiger partial charge in [-0.05, 0) is 42.3 Å². The molecule has 0 spiro atoms. The number of hydrogen-bond donors (Lipinski definition) is 2. The van der Waals surface area contributed by atoms with E-state index in [1.54, 1.807) is 18.3 Å². The highest BCUT2D eigenvalue weighted by atomic mass is 32.2. The summed E-state index contributed by atoms with van der Waals surface area (Å²) in [5.74, 6) is 0.147. The van der Waals surface area contributed by atoms with Crippen molar-refractivity contribution in [2.24, 2.45) is 0 Å². The molecule has 0 bridgehead atoms. The van der Waals surface area contributed by atoms with Crippen molar-refractivity contribution in [2.75, 3.05) is 18.8 Å². The zero-order valence-electron chi connectivity index (χ0n) is 17.3. The Balaban J connectivity index is 1.40. The number of nitrogens with zero attached hydrogens (tertiary/aromatic N) is 4. The Bertz CT molecular complexity index is 1190. The topological polar surface area (TPSA) is 135 Å². The highest BCUT2D eigenvalue weighted by Crippen LogP contribution is 2.32. The van der Waals surface area contributed by atoms with Crippen molar-refractivity contribution in [3.8, 4) is 5.88 Å². The molecule has 3 aromatic heterocycles. The van der Waals surface area contributed by atoms with E-state index in [0.29, 0.717) is 24.3 Å². The summed E-state index contributed by atoms with van der Waals surface area (Å²) in [7, 11) is -3.70. The molecule has 0 radical (unpaired) electrons. The van der Waals surface area contributed by atoms with E-state index in [2.05, 4.69) is 20.3 Å². The minimum atomic E-state index is -3.70. The number of amides is 1. The van der Waals surface area contributed by atoms with Crippen LogP contribution in [0.5, 0.6) is 5.88 Å². The first kappa shape index (κ1) is 22.4. The van der Waals surface area contributed by atoms with E-state index < -0.39 is 22.2 Å². The average molecular weight is 478 g/mol. The molecule has 4 heterocycles. The third-order valence-corrected chi connectivity index (χ3v) is 8.31. The van der Waals surface area contributed by atoms with Crippen LogP contribution in [-0.4, -0.2) is 63.8 Å². The molecule has 1 unspecified atom stereocenters. The van der Waals surface area contributed by atoms with Crippen LogP contribution in [0.4, 0.5) is 4.79 Å². The van der Waals surface area contributed by atoms with Crippen molar-refractivity contribution in [2.45, 2.75) is 31.9 Å². The van der Waals surface area contributed by atoms with Crippen LogP contribution in [0.2, 0.25) is 0 Å². The number of carboxylic acid groups (broad SMARTS) is 1. The molecule has 2 N–H and O–H groups in total. The van der Waals surface area contributed by atoms with Gasteiger partial charge in [-0.1, -0.05) is 6.07 Å². The van der Waals surface area contributed by atoms with Gasteiger partial charge >= 0.3 is 6.09 Å². The number of aryl methyl sites for hydroxylation is 1. The van der Waals surface area contributed by atoms with Gasteiger partial charge in [0.15, 0.2) is 0 Å². The first-order chi connectivity index (χ1) is 15.3. The molecule has 1 amide bonds. The molecule has 10 nitrogen and oxygen atoms in total.